The summed E-state index contributed by atoms with van der Waals surface area (Å²) in [5, 5.41) is 6.98. The maximum atomic E-state index is 11.5. The lowest BCUT2D eigenvalue weighted by Crippen LogP contribution is -2.12. The standard InChI is InChI=1S/C10H11ClN4O4S/c1-19-5-4-15-9(7-2-3-12-8(16)6-7)13-14-10(15)20(11,17)18/h2-3,6H,4-5H2,1H3,(H,12,16). The molecule has 0 spiro atoms. The number of aromatic nitrogens is 4. The van der Waals surface area contributed by atoms with Gasteiger partial charge in [0.15, 0.2) is 5.82 Å². The van der Waals surface area contributed by atoms with Crippen LogP contribution < -0.4 is 5.56 Å². The molecule has 0 amide bonds. The van der Waals surface area contributed by atoms with Gasteiger partial charge in [-0.2, -0.15) is 0 Å². The summed E-state index contributed by atoms with van der Waals surface area (Å²) >= 11 is 0. The lowest BCUT2D eigenvalue weighted by molar-refractivity contribution is 0.185. The smallest absolute Gasteiger partial charge is 0.296 e. The molecule has 2 aromatic rings. The van der Waals surface area contributed by atoms with Gasteiger partial charge < -0.3 is 9.72 Å². The molecule has 0 aromatic carbocycles. The van der Waals surface area contributed by atoms with Gasteiger partial charge in [-0.3, -0.25) is 9.36 Å². The minimum atomic E-state index is -4.04. The second-order valence-corrected chi connectivity index (χ2v) is 6.29. The lowest BCUT2D eigenvalue weighted by Gasteiger charge is -2.07. The predicted molar refractivity (Wildman–Crippen MR) is 71.0 cm³/mol. The van der Waals surface area contributed by atoms with E-state index in [-0.39, 0.29) is 29.7 Å². The maximum absolute atomic E-state index is 11.5. The summed E-state index contributed by atoms with van der Waals surface area (Å²) in [6.45, 7) is 0.431. The Labute approximate surface area is 118 Å². The zero-order chi connectivity index (χ0) is 14.8. The number of halogens is 1. The second-order valence-electron chi connectivity index (χ2n) is 3.83. The second kappa shape index (κ2) is 5.73. The predicted octanol–water partition coefficient (Wildman–Crippen LogP) is 0.207. The van der Waals surface area contributed by atoms with Gasteiger partial charge in [0.05, 0.1) is 13.2 Å². The summed E-state index contributed by atoms with van der Waals surface area (Å²) in [7, 11) is 2.75. The number of rotatable bonds is 5. The van der Waals surface area contributed by atoms with E-state index in [9.17, 15) is 13.2 Å². The third-order valence-corrected chi connectivity index (χ3v) is 3.64. The third-order valence-electron chi connectivity index (χ3n) is 2.49. The highest BCUT2D eigenvalue weighted by molar-refractivity contribution is 8.13. The first-order valence-electron chi connectivity index (χ1n) is 5.49. The van der Waals surface area contributed by atoms with Gasteiger partial charge in [-0.05, 0) is 6.07 Å². The highest BCUT2D eigenvalue weighted by Crippen LogP contribution is 2.21. The fourth-order valence-corrected chi connectivity index (χ4v) is 2.57. The molecule has 0 aliphatic carbocycles. The maximum Gasteiger partial charge on any atom is 0.296 e. The van der Waals surface area contributed by atoms with Gasteiger partial charge in [0.2, 0.25) is 5.56 Å². The first kappa shape index (κ1) is 14.7. The Morgan fingerprint density at radius 1 is 1.45 bits per heavy atom. The molecule has 0 atom stereocenters. The summed E-state index contributed by atoms with van der Waals surface area (Å²) in [5.74, 6) is 0.229. The highest BCUT2D eigenvalue weighted by atomic mass is 35.7. The van der Waals surface area contributed by atoms with Crippen LogP contribution in [-0.2, 0) is 20.3 Å². The van der Waals surface area contributed by atoms with Gasteiger partial charge in [-0.25, -0.2) is 8.42 Å². The number of hydrogen-bond acceptors (Lipinski definition) is 6. The van der Waals surface area contributed by atoms with Gasteiger partial charge in [0.1, 0.15) is 0 Å². The van der Waals surface area contributed by atoms with E-state index < -0.39 is 9.05 Å². The Kier molecular flexibility index (Phi) is 4.21. The van der Waals surface area contributed by atoms with E-state index in [0.29, 0.717) is 5.56 Å². The summed E-state index contributed by atoms with van der Waals surface area (Å²) in [5.41, 5.74) is 0.1000. The molecule has 0 bridgehead atoms. The van der Waals surface area contributed by atoms with E-state index in [1.54, 1.807) is 6.07 Å². The summed E-state index contributed by atoms with van der Waals surface area (Å²) < 4.78 is 29.1. The van der Waals surface area contributed by atoms with Crippen molar-refractivity contribution in [1.82, 2.24) is 19.7 Å². The molecular weight excluding hydrogens is 308 g/mol. The van der Waals surface area contributed by atoms with Gasteiger partial charge in [-0.15, -0.1) is 10.2 Å². The van der Waals surface area contributed by atoms with Crippen molar-refractivity contribution in [2.24, 2.45) is 0 Å². The van der Waals surface area contributed by atoms with Crippen LogP contribution in [-0.4, -0.2) is 41.9 Å². The molecule has 2 rings (SSSR count). The van der Waals surface area contributed by atoms with Gasteiger partial charge >= 0.3 is 0 Å². The number of H-pyrrole nitrogens is 1. The van der Waals surface area contributed by atoms with Gasteiger partial charge in [0.25, 0.3) is 14.2 Å². The zero-order valence-electron chi connectivity index (χ0n) is 10.4. The Hall–Kier alpha value is -1.71. The zero-order valence-corrected chi connectivity index (χ0v) is 12.0. The van der Waals surface area contributed by atoms with Crippen LogP contribution in [0.3, 0.4) is 0 Å². The SMILES string of the molecule is COCCn1c(-c2cc[nH]c(=O)c2)nnc1S(=O)(=O)Cl. The van der Waals surface area contributed by atoms with Crippen molar-refractivity contribution >= 4 is 19.7 Å². The van der Waals surface area contributed by atoms with E-state index in [2.05, 4.69) is 15.2 Å². The Balaban J connectivity index is 2.59. The number of hydrogen-bond donors (Lipinski definition) is 1. The summed E-state index contributed by atoms with van der Waals surface area (Å²) in [4.78, 5) is 13.8. The highest BCUT2D eigenvalue weighted by Gasteiger charge is 2.23. The quantitative estimate of drug-likeness (QED) is 0.790. The number of nitrogens with one attached hydrogen (secondary N) is 1. The summed E-state index contributed by atoms with van der Waals surface area (Å²) in [6, 6.07) is 2.87. The van der Waals surface area contributed by atoms with Crippen LogP contribution >= 0.6 is 10.7 Å². The minimum absolute atomic E-state index is 0.187. The molecule has 20 heavy (non-hydrogen) atoms. The Bertz CT molecular complexity index is 768. The van der Waals surface area contributed by atoms with Gasteiger partial charge in [-0.1, -0.05) is 0 Å². The molecule has 1 N–H and O–H groups in total. The van der Waals surface area contributed by atoms with Crippen LogP contribution in [0.5, 0.6) is 0 Å². The minimum Gasteiger partial charge on any atom is -0.383 e. The monoisotopic (exact) mass is 318 g/mol. The molecular formula is C10H11ClN4O4S. The van der Waals surface area contributed by atoms with E-state index in [4.69, 9.17) is 15.4 Å². The fourth-order valence-electron chi connectivity index (χ4n) is 1.65. The molecule has 0 saturated heterocycles. The summed E-state index contributed by atoms with van der Waals surface area (Å²) in [6.07, 6.45) is 1.43. The third kappa shape index (κ3) is 3.06. The molecule has 10 heteroatoms. The van der Waals surface area contributed by atoms with Crippen molar-refractivity contribution in [3.63, 3.8) is 0 Å². The van der Waals surface area contributed by atoms with E-state index in [1.807, 2.05) is 0 Å². The average molecular weight is 319 g/mol. The number of pyridine rings is 1. The van der Waals surface area contributed by atoms with E-state index >= 15 is 0 Å². The number of aromatic amines is 1. The number of ether oxygens (including phenoxy) is 1. The van der Waals surface area contributed by atoms with Crippen LogP contribution in [0.25, 0.3) is 11.4 Å². The molecule has 8 nitrogen and oxygen atoms in total. The topological polar surface area (TPSA) is 107 Å². The van der Waals surface area contributed by atoms with Crippen molar-refractivity contribution < 1.29 is 13.2 Å². The number of methoxy groups -OCH3 is 1. The molecule has 0 fully saturated rings. The average Bonchev–Trinajstić information content (AvgIpc) is 2.79. The molecule has 2 heterocycles. The number of nitrogens with zero attached hydrogens (tertiary/aromatic N) is 3. The van der Waals surface area contributed by atoms with Crippen molar-refractivity contribution in [3.8, 4) is 11.4 Å². The molecule has 0 radical (unpaired) electrons. The Morgan fingerprint density at radius 3 is 2.80 bits per heavy atom. The van der Waals surface area contributed by atoms with E-state index in [0.717, 1.165) is 0 Å². The molecule has 0 unspecified atom stereocenters. The van der Waals surface area contributed by atoms with Crippen LogP contribution in [0, 0.1) is 0 Å². The van der Waals surface area contributed by atoms with Crippen molar-refractivity contribution in [2.75, 3.05) is 13.7 Å². The van der Waals surface area contributed by atoms with E-state index in [1.165, 1.54) is 23.9 Å². The van der Waals surface area contributed by atoms with Crippen molar-refractivity contribution in [2.45, 2.75) is 11.7 Å². The van der Waals surface area contributed by atoms with Crippen molar-refractivity contribution in [3.05, 3.63) is 28.7 Å². The first-order chi connectivity index (χ1) is 9.43. The normalized spacial score (nSPS) is 11.7. The molecule has 0 saturated carbocycles. The van der Waals surface area contributed by atoms with Crippen LogP contribution in [0.2, 0.25) is 0 Å². The lowest BCUT2D eigenvalue weighted by atomic mass is 10.2. The van der Waals surface area contributed by atoms with Crippen LogP contribution in [0.1, 0.15) is 0 Å². The largest absolute Gasteiger partial charge is 0.383 e. The Morgan fingerprint density at radius 2 is 2.20 bits per heavy atom. The van der Waals surface area contributed by atoms with Gasteiger partial charge in [0, 0.05) is 35.6 Å². The fraction of sp³-hybridized carbons (Fsp3) is 0.300. The molecule has 0 aliphatic rings. The van der Waals surface area contributed by atoms with Crippen LogP contribution in [0.4, 0.5) is 0 Å². The van der Waals surface area contributed by atoms with Crippen LogP contribution in [0.15, 0.2) is 28.3 Å². The molecule has 108 valence electrons. The molecule has 0 aliphatic heterocycles. The van der Waals surface area contributed by atoms with Crippen molar-refractivity contribution in [1.29, 1.82) is 0 Å². The molecule has 2 aromatic heterocycles. The first-order valence-corrected chi connectivity index (χ1v) is 7.80.